The first kappa shape index (κ1) is 14.4. The summed E-state index contributed by atoms with van der Waals surface area (Å²) in [5, 5.41) is 0.406. The van der Waals surface area contributed by atoms with Crippen LogP contribution >= 0.6 is 11.6 Å². The molecule has 0 bridgehead atoms. The van der Waals surface area contributed by atoms with Crippen molar-refractivity contribution < 1.29 is 14.3 Å². The Morgan fingerprint density at radius 1 is 1.37 bits per heavy atom. The lowest BCUT2D eigenvalue weighted by Gasteiger charge is -2.27. The SMILES string of the molecule is CC1(C)CC(Oc2cccc(Cl)c2C=O)C(C)(C)O1. The number of hydrogen-bond acceptors (Lipinski definition) is 3. The van der Waals surface area contributed by atoms with Crippen LogP contribution in [0, 0.1) is 0 Å². The van der Waals surface area contributed by atoms with Crippen molar-refractivity contribution in [1.82, 2.24) is 0 Å². The number of ether oxygens (including phenoxy) is 2. The fourth-order valence-corrected chi connectivity index (χ4v) is 2.79. The average molecular weight is 283 g/mol. The predicted molar refractivity (Wildman–Crippen MR) is 75.1 cm³/mol. The zero-order chi connectivity index (χ0) is 14.3. The highest BCUT2D eigenvalue weighted by atomic mass is 35.5. The average Bonchev–Trinajstić information content (AvgIpc) is 2.47. The largest absolute Gasteiger partial charge is 0.487 e. The molecule has 1 aliphatic rings. The van der Waals surface area contributed by atoms with Crippen molar-refractivity contribution in [2.45, 2.75) is 51.4 Å². The molecular weight excluding hydrogens is 264 g/mol. The van der Waals surface area contributed by atoms with E-state index in [0.717, 1.165) is 12.7 Å². The van der Waals surface area contributed by atoms with Crippen LogP contribution in [0.25, 0.3) is 0 Å². The zero-order valence-corrected chi connectivity index (χ0v) is 12.5. The van der Waals surface area contributed by atoms with Gasteiger partial charge in [-0.15, -0.1) is 0 Å². The summed E-state index contributed by atoms with van der Waals surface area (Å²) in [5.74, 6) is 0.516. The Morgan fingerprint density at radius 3 is 2.58 bits per heavy atom. The molecule has 1 heterocycles. The predicted octanol–water partition coefficient (Wildman–Crippen LogP) is 3.88. The zero-order valence-electron chi connectivity index (χ0n) is 11.7. The number of hydrogen-bond donors (Lipinski definition) is 0. The third kappa shape index (κ3) is 2.93. The highest BCUT2D eigenvalue weighted by Gasteiger charge is 2.47. The molecule has 104 valence electrons. The van der Waals surface area contributed by atoms with Crippen molar-refractivity contribution in [2.75, 3.05) is 0 Å². The summed E-state index contributed by atoms with van der Waals surface area (Å²) in [6.45, 7) is 8.07. The Morgan fingerprint density at radius 2 is 2.05 bits per heavy atom. The standard InChI is InChI=1S/C15H19ClO3/c1-14(2)8-13(15(3,4)19-14)18-12-7-5-6-11(16)10(12)9-17/h5-7,9,13H,8H2,1-4H3. The molecule has 1 unspecified atom stereocenters. The highest BCUT2D eigenvalue weighted by molar-refractivity contribution is 6.33. The Labute approximate surface area is 118 Å². The molecule has 19 heavy (non-hydrogen) atoms. The van der Waals surface area contributed by atoms with Crippen molar-refractivity contribution in [2.24, 2.45) is 0 Å². The molecule has 3 nitrogen and oxygen atoms in total. The Bertz CT molecular complexity index is 494. The van der Waals surface area contributed by atoms with Gasteiger partial charge < -0.3 is 9.47 Å². The molecule has 1 aromatic rings. The molecule has 1 saturated heterocycles. The van der Waals surface area contributed by atoms with Crippen LogP contribution in [-0.2, 0) is 4.74 Å². The molecule has 1 fully saturated rings. The minimum absolute atomic E-state index is 0.111. The van der Waals surface area contributed by atoms with Gasteiger partial charge in [-0.1, -0.05) is 17.7 Å². The number of aldehydes is 1. The van der Waals surface area contributed by atoms with E-state index in [2.05, 4.69) is 0 Å². The third-order valence-corrected chi connectivity index (χ3v) is 3.72. The smallest absolute Gasteiger partial charge is 0.155 e. The molecule has 0 amide bonds. The van der Waals surface area contributed by atoms with E-state index in [1.54, 1.807) is 18.2 Å². The summed E-state index contributed by atoms with van der Waals surface area (Å²) in [5.41, 5.74) is -0.232. The van der Waals surface area contributed by atoms with Crippen molar-refractivity contribution in [3.63, 3.8) is 0 Å². The van der Waals surface area contributed by atoms with Crippen LogP contribution < -0.4 is 4.74 Å². The first-order valence-electron chi connectivity index (χ1n) is 6.36. The second-order valence-corrected chi connectivity index (χ2v) is 6.45. The van der Waals surface area contributed by atoms with Crippen LogP contribution in [0.3, 0.4) is 0 Å². The first-order chi connectivity index (χ1) is 8.75. The van der Waals surface area contributed by atoms with E-state index in [-0.39, 0.29) is 11.7 Å². The minimum Gasteiger partial charge on any atom is -0.487 e. The summed E-state index contributed by atoms with van der Waals surface area (Å²) in [6.07, 6.45) is 1.39. The molecule has 0 radical (unpaired) electrons. The number of benzene rings is 1. The van der Waals surface area contributed by atoms with E-state index in [0.29, 0.717) is 16.3 Å². The van der Waals surface area contributed by atoms with E-state index >= 15 is 0 Å². The van der Waals surface area contributed by atoms with E-state index in [1.165, 1.54) is 0 Å². The molecule has 0 saturated carbocycles. The van der Waals surface area contributed by atoms with E-state index < -0.39 is 5.60 Å². The molecule has 1 atom stereocenters. The first-order valence-corrected chi connectivity index (χ1v) is 6.73. The second kappa shape index (κ2) is 4.80. The lowest BCUT2D eigenvalue weighted by Crippen LogP contribution is -2.36. The van der Waals surface area contributed by atoms with Gasteiger partial charge in [0.2, 0.25) is 0 Å². The molecular formula is C15H19ClO3. The molecule has 2 rings (SSSR count). The normalized spacial score (nSPS) is 24.2. The lowest BCUT2D eigenvalue weighted by molar-refractivity contribution is -0.0846. The van der Waals surface area contributed by atoms with Gasteiger partial charge in [0, 0.05) is 6.42 Å². The molecule has 0 N–H and O–H groups in total. The van der Waals surface area contributed by atoms with Crippen molar-refractivity contribution in [3.8, 4) is 5.75 Å². The summed E-state index contributed by atoms with van der Waals surface area (Å²) in [6, 6.07) is 5.22. The van der Waals surface area contributed by atoms with E-state index in [4.69, 9.17) is 21.1 Å². The van der Waals surface area contributed by atoms with Gasteiger partial charge in [-0.3, -0.25) is 4.79 Å². The quantitative estimate of drug-likeness (QED) is 0.789. The Kier molecular flexibility index (Phi) is 3.63. The fraction of sp³-hybridized carbons (Fsp3) is 0.533. The van der Waals surface area contributed by atoms with Gasteiger partial charge in [0.25, 0.3) is 0 Å². The van der Waals surface area contributed by atoms with E-state index in [9.17, 15) is 4.79 Å². The molecule has 1 aromatic carbocycles. The van der Waals surface area contributed by atoms with Crippen molar-refractivity contribution >= 4 is 17.9 Å². The summed E-state index contributed by atoms with van der Waals surface area (Å²) >= 11 is 6.00. The van der Waals surface area contributed by atoms with Crippen molar-refractivity contribution in [3.05, 3.63) is 28.8 Å². The number of rotatable bonds is 3. The van der Waals surface area contributed by atoms with Gasteiger partial charge in [-0.25, -0.2) is 0 Å². The molecule has 4 heteroatoms. The maximum absolute atomic E-state index is 11.1. The third-order valence-electron chi connectivity index (χ3n) is 3.39. The van der Waals surface area contributed by atoms with Gasteiger partial charge >= 0.3 is 0 Å². The van der Waals surface area contributed by atoms with Crippen LogP contribution in [0.1, 0.15) is 44.5 Å². The number of carbonyl (C=O) groups excluding carboxylic acids is 1. The Balaban J connectivity index is 2.27. The molecule has 0 aliphatic carbocycles. The van der Waals surface area contributed by atoms with Gasteiger partial charge in [-0.05, 0) is 39.8 Å². The van der Waals surface area contributed by atoms with Gasteiger partial charge in [0.05, 0.1) is 16.2 Å². The maximum atomic E-state index is 11.1. The Hall–Kier alpha value is -1.06. The fourth-order valence-electron chi connectivity index (χ4n) is 2.58. The summed E-state index contributed by atoms with van der Waals surface area (Å²) in [7, 11) is 0. The highest BCUT2D eigenvalue weighted by Crippen LogP contribution is 2.40. The van der Waals surface area contributed by atoms with Gasteiger partial charge in [-0.2, -0.15) is 0 Å². The molecule has 1 aliphatic heterocycles. The number of halogens is 1. The van der Waals surface area contributed by atoms with Crippen LogP contribution in [0.5, 0.6) is 5.75 Å². The van der Waals surface area contributed by atoms with Crippen molar-refractivity contribution in [1.29, 1.82) is 0 Å². The topological polar surface area (TPSA) is 35.5 Å². The van der Waals surface area contributed by atoms with Crippen LogP contribution in [0.4, 0.5) is 0 Å². The van der Waals surface area contributed by atoms with E-state index in [1.807, 2.05) is 27.7 Å². The maximum Gasteiger partial charge on any atom is 0.155 e. The van der Waals surface area contributed by atoms with Gasteiger partial charge in [0.1, 0.15) is 17.5 Å². The summed E-state index contributed by atoms with van der Waals surface area (Å²) in [4.78, 5) is 11.1. The lowest BCUT2D eigenvalue weighted by atomic mass is 9.97. The monoisotopic (exact) mass is 282 g/mol. The summed E-state index contributed by atoms with van der Waals surface area (Å²) < 4.78 is 12.0. The second-order valence-electron chi connectivity index (χ2n) is 6.05. The molecule has 0 spiro atoms. The van der Waals surface area contributed by atoms with Crippen LogP contribution in [0.2, 0.25) is 5.02 Å². The van der Waals surface area contributed by atoms with Gasteiger partial charge in [0.15, 0.2) is 6.29 Å². The van der Waals surface area contributed by atoms with Crippen LogP contribution in [0.15, 0.2) is 18.2 Å². The number of carbonyl (C=O) groups is 1. The van der Waals surface area contributed by atoms with Crippen LogP contribution in [-0.4, -0.2) is 23.6 Å². The molecule has 0 aromatic heterocycles. The minimum atomic E-state index is -0.397.